The molecule has 116 valence electrons. The van der Waals surface area contributed by atoms with Crippen LogP contribution in [0, 0.1) is 0 Å². The Bertz CT molecular complexity index is 99.1. The molecule has 0 radical (unpaired) electrons. The normalized spacial score (nSPS) is 6.56. The van der Waals surface area contributed by atoms with E-state index in [1.807, 2.05) is 0 Å². The fraction of sp³-hybridized carbons (Fsp3) is 0.875. The topological polar surface area (TPSA) is 26.3 Å². The van der Waals surface area contributed by atoms with Crippen LogP contribution in [0.2, 0.25) is 0 Å². The van der Waals surface area contributed by atoms with Crippen molar-refractivity contribution < 1.29 is 9.53 Å². The third-order valence-corrected chi connectivity index (χ3v) is 0.348. The summed E-state index contributed by atoms with van der Waals surface area (Å²) in [5.41, 5.74) is 0. The highest BCUT2D eigenvalue weighted by atomic mass is 35.5. The summed E-state index contributed by atoms with van der Waals surface area (Å²) < 4.78 is 4.40. The zero-order chi connectivity index (χ0) is 15.8. The van der Waals surface area contributed by atoms with E-state index in [0.717, 1.165) is 0 Å². The van der Waals surface area contributed by atoms with E-state index in [9.17, 15) is 4.79 Å². The molecule has 0 aromatic heterocycles. The minimum atomic E-state index is -0.211. The zero-order valence-electron chi connectivity index (χ0n) is 9.88. The molecule has 0 aliphatic carbocycles. The van der Waals surface area contributed by atoms with E-state index in [2.05, 4.69) is 4.74 Å². The van der Waals surface area contributed by atoms with Gasteiger partial charge in [-0.2, -0.15) is 0 Å². The number of hydrogen-bond donors (Lipinski definition) is 0. The molecule has 18 heavy (non-hydrogen) atoms. The molecule has 0 aliphatic rings. The second-order valence-electron chi connectivity index (χ2n) is 1.33. The van der Waals surface area contributed by atoms with Gasteiger partial charge in [0.05, 0.1) is 28.0 Å². The van der Waals surface area contributed by atoms with Gasteiger partial charge in [-0.25, -0.2) is 0 Å². The Morgan fingerprint density at radius 2 is 0.944 bits per heavy atom. The van der Waals surface area contributed by atoms with Crippen LogP contribution in [0.5, 0.6) is 0 Å². The van der Waals surface area contributed by atoms with Crippen LogP contribution in [0.25, 0.3) is 0 Å². The Labute approximate surface area is 149 Å². The lowest BCUT2D eigenvalue weighted by Gasteiger charge is -1.89. The average molecular weight is 428 g/mol. The Morgan fingerprint density at radius 1 is 0.778 bits per heavy atom. The summed E-state index contributed by atoms with van der Waals surface area (Å²) in [6.45, 7) is 3.65. The summed E-state index contributed by atoms with van der Waals surface area (Å²) >= 11 is 38.1. The van der Waals surface area contributed by atoms with Crippen LogP contribution < -0.4 is 0 Å². The Hall–Kier alpha value is 1.79. The second kappa shape index (κ2) is 51.1. The average Bonchev–Trinajstić information content (AvgIpc) is 2.21. The summed E-state index contributed by atoms with van der Waals surface area (Å²) in [4.78, 5) is 9.82. The van der Waals surface area contributed by atoms with E-state index >= 15 is 0 Å². The first-order valence-corrected chi connectivity index (χ1v) is 8.32. The maximum absolute atomic E-state index is 9.82. The van der Waals surface area contributed by atoms with Crippen LogP contribution in [0.1, 0.15) is 13.8 Å². The Morgan fingerprint density at radius 3 is 0.944 bits per heavy atom. The summed E-state index contributed by atoms with van der Waals surface area (Å²) in [5, 5.41) is 0.778. The first-order chi connectivity index (χ1) is 8.43. The summed E-state index contributed by atoms with van der Waals surface area (Å²) in [6, 6.07) is 0. The molecule has 0 saturated heterocycles. The third kappa shape index (κ3) is 219. The van der Waals surface area contributed by atoms with E-state index in [0.29, 0.717) is 6.61 Å². The van der Waals surface area contributed by atoms with Crippen LogP contribution in [0.4, 0.5) is 0 Å². The van der Waals surface area contributed by atoms with Crippen LogP contribution in [0.15, 0.2) is 0 Å². The van der Waals surface area contributed by atoms with Gasteiger partial charge in [-0.1, -0.05) is 0 Å². The van der Waals surface area contributed by atoms with Crippen molar-refractivity contribution in [1.82, 2.24) is 0 Å². The fourth-order valence-electron chi connectivity index (χ4n) is 0.203. The van der Waals surface area contributed by atoms with E-state index in [4.69, 9.17) is 92.8 Å². The van der Waals surface area contributed by atoms with Crippen molar-refractivity contribution in [3.63, 3.8) is 0 Å². The molecule has 0 fully saturated rings. The smallest absolute Gasteiger partial charge is 0.302 e. The lowest BCUT2D eigenvalue weighted by molar-refractivity contribution is -0.140. The highest BCUT2D eigenvalue weighted by molar-refractivity contribution is 6.41. The molecule has 0 aromatic rings. The molecule has 0 spiro atoms. The highest BCUT2D eigenvalue weighted by Crippen LogP contribution is 1.74. The fourth-order valence-corrected chi connectivity index (χ4v) is 0.203. The van der Waals surface area contributed by atoms with Gasteiger partial charge >= 0.3 is 5.97 Å². The van der Waals surface area contributed by atoms with Crippen LogP contribution in [-0.4, -0.2) is 33.9 Å². The molecule has 0 atom stereocenters. The molecule has 0 unspecified atom stereocenters. The molecule has 0 rings (SSSR count). The van der Waals surface area contributed by atoms with E-state index < -0.39 is 0 Å². The van der Waals surface area contributed by atoms with Crippen molar-refractivity contribution in [2.45, 2.75) is 13.8 Å². The van der Waals surface area contributed by atoms with Gasteiger partial charge in [0.25, 0.3) is 0 Å². The van der Waals surface area contributed by atoms with Crippen molar-refractivity contribution in [2.75, 3.05) is 28.0 Å². The number of halogens is 8. The molecule has 10 heteroatoms. The largest absolute Gasteiger partial charge is 0.466 e. The standard InChI is InChI=1S/C4H8O2.4CH2Cl2/c1-3-6-4(2)5;4*2-1-3/h3H2,1-2H3;4*1H2. The van der Waals surface area contributed by atoms with Crippen molar-refractivity contribution in [3.05, 3.63) is 0 Å². The van der Waals surface area contributed by atoms with Gasteiger partial charge in [0.1, 0.15) is 0 Å². The van der Waals surface area contributed by atoms with E-state index in [-0.39, 0.29) is 27.3 Å². The van der Waals surface area contributed by atoms with Crippen molar-refractivity contribution in [2.24, 2.45) is 0 Å². The molecule has 0 aromatic carbocycles. The Balaban J connectivity index is -0.0000000412. The van der Waals surface area contributed by atoms with Gasteiger partial charge in [-0.15, -0.1) is 92.8 Å². The minimum absolute atomic E-state index is 0.194. The lowest BCUT2D eigenvalue weighted by atomic mass is 10.8. The number of carbonyl (C=O) groups is 1. The van der Waals surface area contributed by atoms with Gasteiger partial charge in [0, 0.05) is 6.92 Å². The first kappa shape index (κ1) is 31.9. The molecule has 0 heterocycles. The van der Waals surface area contributed by atoms with Crippen LogP contribution in [0.3, 0.4) is 0 Å². The molecule has 0 bridgehead atoms. The molecule has 0 N–H and O–H groups in total. The monoisotopic (exact) mass is 424 g/mol. The molecule has 0 aliphatic heterocycles. The molecule has 0 saturated carbocycles. The van der Waals surface area contributed by atoms with Crippen molar-refractivity contribution in [3.8, 4) is 0 Å². The number of hydrogen-bond acceptors (Lipinski definition) is 2. The maximum atomic E-state index is 9.82. The zero-order valence-corrected chi connectivity index (χ0v) is 15.9. The third-order valence-electron chi connectivity index (χ3n) is 0.348. The number of alkyl halides is 8. The quantitative estimate of drug-likeness (QED) is 0.365. The highest BCUT2D eigenvalue weighted by Gasteiger charge is 1.81. The summed E-state index contributed by atoms with van der Waals surface area (Å²) in [5.74, 6) is -0.211. The summed E-state index contributed by atoms with van der Waals surface area (Å²) in [7, 11) is 0. The molecular formula is C8H16Cl8O2. The maximum Gasteiger partial charge on any atom is 0.302 e. The van der Waals surface area contributed by atoms with Gasteiger partial charge < -0.3 is 4.74 Å². The summed E-state index contributed by atoms with van der Waals surface area (Å²) in [6.07, 6.45) is 0. The van der Waals surface area contributed by atoms with Gasteiger partial charge in [-0.3, -0.25) is 4.79 Å². The number of rotatable bonds is 1. The number of esters is 1. The van der Waals surface area contributed by atoms with Gasteiger partial charge in [0.15, 0.2) is 0 Å². The molecule has 2 nitrogen and oxygen atoms in total. The number of carbonyl (C=O) groups excluding carboxylic acids is 1. The molecular weight excluding hydrogens is 412 g/mol. The van der Waals surface area contributed by atoms with E-state index in [1.165, 1.54) is 6.92 Å². The Kier molecular flexibility index (Phi) is 90.6. The second-order valence-corrected chi connectivity index (χ2v) is 4.56. The SMILES string of the molecule is CCOC(C)=O.ClCCl.ClCCl.ClCCl.ClCCl. The van der Waals surface area contributed by atoms with Crippen molar-refractivity contribution >= 4 is 98.8 Å². The molecule has 0 amide bonds. The van der Waals surface area contributed by atoms with Gasteiger partial charge in [0.2, 0.25) is 0 Å². The van der Waals surface area contributed by atoms with E-state index in [1.54, 1.807) is 6.92 Å². The lowest BCUT2D eigenvalue weighted by Crippen LogP contribution is -1.95. The van der Waals surface area contributed by atoms with Crippen LogP contribution in [-0.2, 0) is 9.53 Å². The van der Waals surface area contributed by atoms with Gasteiger partial charge in [-0.05, 0) is 6.92 Å². The van der Waals surface area contributed by atoms with Crippen LogP contribution >= 0.6 is 92.8 Å². The predicted molar refractivity (Wildman–Crippen MR) is 88.6 cm³/mol. The first-order valence-electron chi connectivity index (χ1n) is 4.04. The minimum Gasteiger partial charge on any atom is -0.466 e. The van der Waals surface area contributed by atoms with Crippen molar-refractivity contribution in [1.29, 1.82) is 0 Å². The number of ether oxygens (including phenoxy) is 1. The predicted octanol–water partition coefficient (Wildman–Crippen LogP) is 6.26.